The van der Waals surface area contributed by atoms with Gasteiger partial charge in [0.25, 0.3) is 0 Å². The van der Waals surface area contributed by atoms with Gasteiger partial charge in [-0.3, -0.25) is 4.79 Å². The average molecular weight is 274 g/mol. The van der Waals surface area contributed by atoms with Crippen molar-refractivity contribution in [2.75, 3.05) is 18.4 Å². The highest BCUT2D eigenvalue weighted by Gasteiger charge is 2.42. The Balaban J connectivity index is 1.84. The Bertz CT molecular complexity index is 242. The third-order valence-electron chi connectivity index (χ3n) is 3.77. The van der Waals surface area contributed by atoms with Gasteiger partial charge in [-0.1, -0.05) is 22.9 Å². The molecule has 3 heteroatoms. The van der Waals surface area contributed by atoms with E-state index in [9.17, 15) is 4.79 Å². The van der Waals surface area contributed by atoms with E-state index in [1.165, 1.54) is 19.3 Å². The Morgan fingerprint density at radius 2 is 2.27 bits per heavy atom. The molecule has 86 valence electrons. The molecule has 3 unspecified atom stereocenters. The van der Waals surface area contributed by atoms with Crippen molar-refractivity contribution in [1.82, 2.24) is 4.90 Å². The number of halogens is 1. The topological polar surface area (TPSA) is 20.3 Å². The monoisotopic (exact) mass is 273 g/mol. The van der Waals surface area contributed by atoms with Gasteiger partial charge in [-0.15, -0.1) is 0 Å². The van der Waals surface area contributed by atoms with Crippen LogP contribution in [0.15, 0.2) is 0 Å². The lowest BCUT2D eigenvalue weighted by molar-refractivity contribution is -0.134. The fraction of sp³-hybridized carbons (Fsp3) is 0.917. The van der Waals surface area contributed by atoms with Crippen LogP contribution in [0.25, 0.3) is 0 Å². The molecule has 0 spiro atoms. The van der Waals surface area contributed by atoms with E-state index in [4.69, 9.17) is 0 Å². The van der Waals surface area contributed by atoms with Crippen LogP contribution in [-0.4, -0.2) is 29.2 Å². The number of hydrogen-bond donors (Lipinski definition) is 0. The number of carbonyl (C=O) groups is 1. The SMILES string of the molecule is CC1CC1C(=O)N1CCCC(CCBr)C1. The van der Waals surface area contributed by atoms with Gasteiger partial charge in [0.15, 0.2) is 0 Å². The van der Waals surface area contributed by atoms with Crippen LogP contribution in [0.2, 0.25) is 0 Å². The summed E-state index contributed by atoms with van der Waals surface area (Å²) in [6.07, 6.45) is 4.84. The summed E-state index contributed by atoms with van der Waals surface area (Å²) < 4.78 is 0. The fourth-order valence-electron chi connectivity index (χ4n) is 2.56. The standard InChI is InChI=1S/C12H20BrNO/c1-9-7-11(9)12(15)14-6-2-3-10(8-14)4-5-13/h9-11H,2-8H2,1H3. The van der Waals surface area contributed by atoms with Crippen LogP contribution < -0.4 is 0 Å². The summed E-state index contributed by atoms with van der Waals surface area (Å²) >= 11 is 3.49. The molecule has 1 saturated carbocycles. The number of piperidine rings is 1. The molecule has 1 heterocycles. The lowest BCUT2D eigenvalue weighted by Crippen LogP contribution is -2.41. The molecule has 0 aromatic carbocycles. The summed E-state index contributed by atoms with van der Waals surface area (Å²) in [4.78, 5) is 14.2. The van der Waals surface area contributed by atoms with Crippen molar-refractivity contribution in [1.29, 1.82) is 0 Å². The van der Waals surface area contributed by atoms with Gasteiger partial charge in [0.1, 0.15) is 0 Å². The molecular formula is C12H20BrNO. The molecule has 0 aromatic rings. The second-order valence-electron chi connectivity index (χ2n) is 5.09. The Hall–Kier alpha value is -0.0500. The van der Waals surface area contributed by atoms with E-state index in [0.717, 1.165) is 30.8 Å². The number of likely N-dealkylation sites (tertiary alicyclic amines) is 1. The van der Waals surface area contributed by atoms with Crippen molar-refractivity contribution in [2.45, 2.75) is 32.6 Å². The minimum Gasteiger partial charge on any atom is -0.342 e. The predicted octanol–water partition coefficient (Wildman–Crippen LogP) is 2.67. The number of alkyl halides is 1. The van der Waals surface area contributed by atoms with Gasteiger partial charge in [-0.2, -0.15) is 0 Å². The molecule has 1 amide bonds. The van der Waals surface area contributed by atoms with Gasteiger partial charge in [0.2, 0.25) is 5.91 Å². The highest BCUT2D eigenvalue weighted by atomic mass is 79.9. The molecule has 2 aliphatic rings. The molecule has 0 N–H and O–H groups in total. The average Bonchev–Trinajstić information content (AvgIpc) is 2.95. The normalized spacial score (nSPS) is 35.3. The predicted molar refractivity (Wildman–Crippen MR) is 65.0 cm³/mol. The van der Waals surface area contributed by atoms with Crippen LogP contribution in [-0.2, 0) is 4.79 Å². The Kier molecular flexibility index (Phi) is 3.70. The molecule has 15 heavy (non-hydrogen) atoms. The second-order valence-corrected chi connectivity index (χ2v) is 5.88. The van der Waals surface area contributed by atoms with Crippen molar-refractivity contribution in [3.05, 3.63) is 0 Å². The molecule has 0 bridgehead atoms. The second kappa shape index (κ2) is 4.86. The lowest BCUT2D eigenvalue weighted by Gasteiger charge is -2.32. The molecule has 2 rings (SSSR count). The van der Waals surface area contributed by atoms with Gasteiger partial charge in [0, 0.05) is 24.3 Å². The van der Waals surface area contributed by atoms with Crippen LogP contribution in [0.1, 0.15) is 32.6 Å². The zero-order chi connectivity index (χ0) is 10.8. The molecule has 3 atom stereocenters. The minimum absolute atomic E-state index is 0.368. The van der Waals surface area contributed by atoms with Crippen molar-refractivity contribution in [2.24, 2.45) is 17.8 Å². The van der Waals surface area contributed by atoms with Crippen molar-refractivity contribution >= 4 is 21.8 Å². The highest BCUT2D eigenvalue weighted by Crippen LogP contribution is 2.40. The van der Waals surface area contributed by atoms with E-state index in [-0.39, 0.29) is 0 Å². The first-order valence-corrected chi connectivity index (χ1v) is 7.19. The number of carbonyl (C=O) groups excluding carboxylic acids is 1. The molecule has 2 nitrogen and oxygen atoms in total. The van der Waals surface area contributed by atoms with Crippen LogP contribution in [0, 0.1) is 17.8 Å². The van der Waals surface area contributed by atoms with E-state index in [1.807, 2.05) is 0 Å². The van der Waals surface area contributed by atoms with Crippen molar-refractivity contribution in [3.63, 3.8) is 0 Å². The molecule has 1 aliphatic heterocycles. The number of rotatable bonds is 3. The third-order valence-corrected chi connectivity index (χ3v) is 4.23. The summed E-state index contributed by atoms with van der Waals surface area (Å²) in [6, 6.07) is 0. The van der Waals surface area contributed by atoms with Gasteiger partial charge in [-0.05, 0) is 37.5 Å². The summed E-state index contributed by atoms with van der Waals surface area (Å²) in [6.45, 7) is 4.19. The minimum atomic E-state index is 0.368. The number of hydrogen-bond acceptors (Lipinski definition) is 1. The quantitative estimate of drug-likeness (QED) is 0.724. The highest BCUT2D eigenvalue weighted by molar-refractivity contribution is 9.09. The first-order chi connectivity index (χ1) is 7.22. The lowest BCUT2D eigenvalue weighted by atomic mass is 9.95. The molecule has 1 saturated heterocycles. The first kappa shape index (κ1) is 11.4. The van der Waals surface area contributed by atoms with Gasteiger partial charge < -0.3 is 4.90 Å². The third kappa shape index (κ3) is 2.74. The summed E-state index contributed by atoms with van der Waals surface area (Å²) in [7, 11) is 0. The van der Waals surface area contributed by atoms with E-state index < -0.39 is 0 Å². The Morgan fingerprint density at radius 3 is 2.87 bits per heavy atom. The number of nitrogens with zero attached hydrogens (tertiary/aromatic N) is 1. The van der Waals surface area contributed by atoms with Crippen LogP contribution in [0.3, 0.4) is 0 Å². The molecule has 2 fully saturated rings. The molecule has 1 aliphatic carbocycles. The molecular weight excluding hydrogens is 254 g/mol. The van der Waals surface area contributed by atoms with E-state index in [1.54, 1.807) is 0 Å². The van der Waals surface area contributed by atoms with Gasteiger partial charge >= 0.3 is 0 Å². The molecule has 0 aromatic heterocycles. The van der Waals surface area contributed by atoms with Crippen molar-refractivity contribution in [3.8, 4) is 0 Å². The van der Waals surface area contributed by atoms with Crippen molar-refractivity contribution < 1.29 is 4.79 Å². The van der Waals surface area contributed by atoms with E-state index in [0.29, 0.717) is 17.7 Å². The van der Waals surface area contributed by atoms with Gasteiger partial charge in [0.05, 0.1) is 0 Å². The maximum absolute atomic E-state index is 12.0. The van der Waals surface area contributed by atoms with Crippen LogP contribution >= 0.6 is 15.9 Å². The maximum Gasteiger partial charge on any atom is 0.225 e. The van der Waals surface area contributed by atoms with Crippen LogP contribution in [0.4, 0.5) is 0 Å². The maximum atomic E-state index is 12.0. The van der Waals surface area contributed by atoms with E-state index in [2.05, 4.69) is 27.8 Å². The first-order valence-electron chi connectivity index (χ1n) is 6.07. The zero-order valence-corrected chi connectivity index (χ0v) is 11.0. The smallest absolute Gasteiger partial charge is 0.225 e. The molecule has 0 radical (unpaired) electrons. The fourth-order valence-corrected chi connectivity index (χ4v) is 3.20. The Morgan fingerprint density at radius 1 is 1.53 bits per heavy atom. The van der Waals surface area contributed by atoms with Crippen LogP contribution in [0.5, 0.6) is 0 Å². The van der Waals surface area contributed by atoms with Gasteiger partial charge in [-0.25, -0.2) is 0 Å². The summed E-state index contributed by atoms with van der Waals surface area (Å²) in [5, 5.41) is 1.07. The van der Waals surface area contributed by atoms with E-state index >= 15 is 0 Å². The zero-order valence-electron chi connectivity index (χ0n) is 9.42. The summed E-state index contributed by atoms with van der Waals surface area (Å²) in [5.74, 6) is 2.18. The number of amides is 1. The summed E-state index contributed by atoms with van der Waals surface area (Å²) in [5.41, 5.74) is 0. The Labute approximate surface area is 101 Å². The largest absolute Gasteiger partial charge is 0.342 e.